The minimum atomic E-state index is -0.0638. The first-order valence-corrected chi connectivity index (χ1v) is 12.6. The van der Waals surface area contributed by atoms with Crippen LogP contribution in [0.4, 0.5) is 0 Å². The van der Waals surface area contributed by atoms with Gasteiger partial charge in [0.25, 0.3) is 5.91 Å². The van der Waals surface area contributed by atoms with E-state index < -0.39 is 0 Å². The van der Waals surface area contributed by atoms with Gasteiger partial charge in [0.05, 0.1) is 6.04 Å². The Hall–Kier alpha value is -3.86. The number of ether oxygens (including phenoxy) is 1. The minimum absolute atomic E-state index is 0.0451. The molecule has 1 saturated carbocycles. The van der Waals surface area contributed by atoms with Crippen LogP contribution in [0.2, 0.25) is 0 Å². The molecule has 5 heteroatoms. The summed E-state index contributed by atoms with van der Waals surface area (Å²) in [5.74, 6) is 1.31. The highest BCUT2D eigenvalue weighted by atomic mass is 16.5. The number of nitrogens with zero attached hydrogens (tertiary/aromatic N) is 1. The highest BCUT2D eigenvalue weighted by Gasteiger charge is 2.24. The second-order valence-electron chi connectivity index (χ2n) is 9.79. The molecule has 0 bridgehead atoms. The summed E-state index contributed by atoms with van der Waals surface area (Å²) in [5.41, 5.74) is 7.69. The number of rotatable bonds is 9. The van der Waals surface area contributed by atoms with Crippen LogP contribution in [0.15, 0.2) is 66.7 Å². The monoisotopic (exact) mass is 480 g/mol. The smallest absolute Gasteiger partial charge is 0.251 e. The van der Waals surface area contributed by atoms with Crippen LogP contribution >= 0.6 is 0 Å². The van der Waals surface area contributed by atoms with E-state index in [0.717, 1.165) is 39.6 Å². The minimum Gasteiger partial charge on any atom is -0.486 e. The van der Waals surface area contributed by atoms with Crippen molar-refractivity contribution in [2.24, 2.45) is 0 Å². The van der Waals surface area contributed by atoms with Crippen molar-refractivity contribution in [3.8, 4) is 5.75 Å². The molecule has 1 aromatic heterocycles. The van der Waals surface area contributed by atoms with Gasteiger partial charge in [-0.2, -0.15) is 0 Å². The molecule has 0 spiro atoms. The zero-order valence-electron chi connectivity index (χ0n) is 21.1. The maximum atomic E-state index is 13.2. The van der Waals surface area contributed by atoms with Gasteiger partial charge in [0.15, 0.2) is 6.29 Å². The lowest BCUT2D eigenvalue weighted by Gasteiger charge is -2.16. The van der Waals surface area contributed by atoms with Crippen molar-refractivity contribution in [2.45, 2.75) is 52.1 Å². The van der Waals surface area contributed by atoms with Gasteiger partial charge in [-0.25, -0.2) is 0 Å². The molecule has 1 N–H and O–H groups in total. The number of fused-ring (bicyclic) bond motifs is 1. The zero-order valence-corrected chi connectivity index (χ0v) is 21.1. The van der Waals surface area contributed by atoms with Gasteiger partial charge in [0.2, 0.25) is 0 Å². The first kappa shape index (κ1) is 23.9. The highest BCUT2D eigenvalue weighted by molar-refractivity contribution is 5.99. The van der Waals surface area contributed by atoms with Gasteiger partial charge in [-0.1, -0.05) is 36.4 Å². The van der Waals surface area contributed by atoms with Crippen LogP contribution in [0.3, 0.4) is 0 Å². The van der Waals surface area contributed by atoms with Crippen LogP contribution < -0.4 is 10.1 Å². The van der Waals surface area contributed by atoms with Crippen molar-refractivity contribution in [1.82, 2.24) is 9.88 Å². The third-order valence-corrected chi connectivity index (χ3v) is 7.27. The van der Waals surface area contributed by atoms with E-state index in [-0.39, 0.29) is 18.6 Å². The molecule has 5 rings (SSSR count). The van der Waals surface area contributed by atoms with Crippen molar-refractivity contribution in [3.05, 3.63) is 100 Å². The number of carbonyl (C=O) groups excluding carboxylic acids is 2. The van der Waals surface area contributed by atoms with Crippen LogP contribution in [0, 0.1) is 13.8 Å². The van der Waals surface area contributed by atoms with Gasteiger partial charge in [-0.05, 0) is 92.1 Å². The van der Waals surface area contributed by atoms with Gasteiger partial charge >= 0.3 is 0 Å². The maximum absolute atomic E-state index is 13.2. The first-order valence-electron chi connectivity index (χ1n) is 12.6. The molecule has 3 aromatic carbocycles. The molecule has 184 valence electrons. The number of carbonyl (C=O) groups is 2. The second kappa shape index (κ2) is 10.0. The molecule has 36 heavy (non-hydrogen) atoms. The lowest BCUT2D eigenvalue weighted by atomic mass is 10.0. The normalized spacial score (nSPS) is 14.0. The van der Waals surface area contributed by atoms with E-state index in [1.807, 2.05) is 43.3 Å². The predicted octanol–water partition coefficient (Wildman–Crippen LogP) is 6.25. The third-order valence-electron chi connectivity index (χ3n) is 7.27. The summed E-state index contributed by atoms with van der Waals surface area (Å²) in [6.45, 7) is 6.97. The fourth-order valence-corrected chi connectivity index (χ4v) is 4.90. The Bertz CT molecular complexity index is 1430. The summed E-state index contributed by atoms with van der Waals surface area (Å²) in [6, 6.07) is 22.3. The van der Waals surface area contributed by atoms with Crippen molar-refractivity contribution >= 4 is 23.1 Å². The summed E-state index contributed by atoms with van der Waals surface area (Å²) < 4.78 is 7.72. The van der Waals surface area contributed by atoms with Gasteiger partial charge in [-0.3, -0.25) is 9.59 Å². The van der Waals surface area contributed by atoms with Crippen LogP contribution in [0.5, 0.6) is 5.75 Å². The molecule has 0 aliphatic heterocycles. The zero-order chi connectivity index (χ0) is 25.2. The fraction of sp³-hybridized carbons (Fsp3) is 0.290. The van der Waals surface area contributed by atoms with Gasteiger partial charge in [-0.15, -0.1) is 0 Å². The van der Waals surface area contributed by atoms with E-state index in [2.05, 4.69) is 54.1 Å². The topological polar surface area (TPSA) is 60.3 Å². The summed E-state index contributed by atoms with van der Waals surface area (Å²) in [7, 11) is 0. The summed E-state index contributed by atoms with van der Waals surface area (Å²) >= 11 is 0. The predicted molar refractivity (Wildman–Crippen MR) is 143 cm³/mol. The van der Waals surface area contributed by atoms with Crippen LogP contribution in [0.25, 0.3) is 10.9 Å². The molecular weight excluding hydrogens is 448 g/mol. The lowest BCUT2D eigenvalue weighted by Crippen LogP contribution is -2.26. The van der Waals surface area contributed by atoms with Crippen molar-refractivity contribution in [1.29, 1.82) is 0 Å². The van der Waals surface area contributed by atoms with Crippen molar-refractivity contribution < 1.29 is 14.3 Å². The fourth-order valence-electron chi connectivity index (χ4n) is 4.90. The van der Waals surface area contributed by atoms with Crippen LogP contribution in [-0.2, 0) is 11.3 Å². The molecule has 1 atom stereocenters. The number of nitrogens with one attached hydrogen (secondary N) is 1. The highest BCUT2D eigenvalue weighted by Crippen LogP contribution is 2.40. The van der Waals surface area contributed by atoms with E-state index in [9.17, 15) is 9.59 Å². The number of benzene rings is 3. The Morgan fingerprint density at radius 1 is 1.08 bits per heavy atom. The van der Waals surface area contributed by atoms with Crippen LogP contribution in [0.1, 0.15) is 70.0 Å². The molecule has 4 aromatic rings. The molecule has 1 aliphatic rings. The largest absolute Gasteiger partial charge is 0.486 e. The molecule has 1 heterocycles. The number of aromatic nitrogens is 1. The van der Waals surface area contributed by atoms with Crippen molar-refractivity contribution in [3.63, 3.8) is 0 Å². The van der Waals surface area contributed by atoms with Crippen LogP contribution in [-0.4, -0.2) is 23.4 Å². The third kappa shape index (κ3) is 4.92. The molecule has 1 fully saturated rings. The number of amides is 1. The standard InChI is InChI=1S/C31H32N2O3/c1-20-22(3)33(19-23-6-4-9-28(16-23)36-15-14-34)30-13-12-27(18-29(20)30)31(35)32-21(2)25-7-5-8-26(17-25)24-10-11-24/h4-9,12-14,16-18,21,24H,10-11,15,19H2,1-3H3,(H,32,35)/t21-/m0/s1. The molecule has 0 radical (unpaired) electrons. The number of aryl methyl sites for hydroxylation is 1. The Balaban J connectivity index is 1.36. The molecule has 1 aliphatic carbocycles. The van der Waals surface area contributed by atoms with E-state index in [4.69, 9.17) is 4.74 Å². The second-order valence-corrected chi connectivity index (χ2v) is 9.79. The summed E-state index contributed by atoms with van der Waals surface area (Å²) in [6.07, 6.45) is 3.28. The summed E-state index contributed by atoms with van der Waals surface area (Å²) in [5, 5.41) is 4.26. The Kier molecular flexibility index (Phi) is 6.64. The van der Waals surface area contributed by atoms with E-state index >= 15 is 0 Å². The molecule has 0 unspecified atom stereocenters. The molecular formula is C31H32N2O3. The average molecular weight is 481 g/mol. The van der Waals surface area contributed by atoms with E-state index in [1.54, 1.807) is 0 Å². The SMILES string of the molecule is Cc1c(C)n(Cc2cccc(OCC=O)c2)c2ccc(C(=O)N[C@@H](C)c3cccc(C4CC4)c3)cc12. The number of hydrogen-bond donors (Lipinski definition) is 1. The first-order chi connectivity index (χ1) is 17.4. The van der Waals surface area contributed by atoms with Crippen molar-refractivity contribution in [2.75, 3.05) is 6.61 Å². The van der Waals surface area contributed by atoms with E-state index in [1.165, 1.54) is 18.4 Å². The number of hydrogen-bond acceptors (Lipinski definition) is 3. The average Bonchev–Trinajstić information content (AvgIpc) is 3.72. The van der Waals surface area contributed by atoms with E-state index in [0.29, 0.717) is 23.8 Å². The molecule has 1 amide bonds. The quantitative estimate of drug-likeness (QED) is 0.288. The van der Waals surface area contributed by atoms with Gasteiger partial charge < -0.3 is 14.6 Å². The molecule has 0 saturated heterocycles. The Morgan fingerprint density at radius 3 is 2.67 bits per heavy atom. The maximum Gasteiger partial charge on any atom is 0.251 e. The Labute approximate surface area is 212 Å². The number of aldehydes is 1. The van der Waals surface area contributed by atoms with Gasteiger partial charge in [0.1, 0.15) is 12.4 Å². The molecule has 5 nitrogen and oxygen atoms in total. The Morgan fingerprint density at radius 2 is 1.89 bits per heavy atom. The van der Waals surface area contributed by atoms with Gasteiger partial charge in [0, 0.05) is 28.7 Å². The summed E-state index contributed by atoms with van der Waals surface area (Å²) in [4.78, 5) is 23.8. The lowest BCUT2D eigenvalue weighted by molar-refractivity contribution is -0.109.